The SMILES string of the molecule is CCNCc1c(CC)nn(C(C)C2CC2)c1CC. The Morgan fingerprint density at radius 3 is 2.50 bits per heavy atom. The zero-order chi connectivity index (χ0) is 13.1. The summed E-state index contributed by atoms with van der Waals surface area (Å²) in [7, 11) is 0. The van der Waals surface area contributed by atoms with Crippen LogP contribution in [0.25, 0.3) is 0 Å². The van der Waals surface area contributed by atoms with E-state index in [0.29, 0.717) is 6.04 Å². The highest BCUT2D eigenvalue weighted by Gasteiger charge is 2.31. The van der Waals surface area contributed by atoms with Gasteiger partial charge in [0.1, 0.15) is 0 Å². The van der Waals surface area contributed by atoms with Gasteiger partial charge in [-0.3, -0.25) is 4.68 Å². The first-order valence-electron chi connectivity index (χ1n) is 7.52. The van der Waals surface area contributed by atoms with Crippen LogP contribution in [-0.2, 0) is 19.4 Å². The Morgan fingerprint density at radius 2 is 2.00 bits per heavy atom. The molecule has 18 heavy (non-hydrogen) atoms. The smallest absolute Gasteiger partial charge is 0.0669 e. The van der Waals surface area contributed by atoms with Gasteiger partial charge in [0.05, 0.1) is 11.7 Å². The van der Waals surface area contributed by atoms with E-state index in [1.807, 2.05) is 0 Å². The molecule has 1 heterocycles. The van der Waals surface area contributed by atoms with Gasteiger partial charge in [0, 0.05) is 17.8 Å². The Morgan fingerprint density at radius 1 is 1.28 bits per heavy atom. The normalized spacial score (nSPS) is 17.1. The summed E-state index contributed by atoms with van der Waals surface area (Å²) in [6.45, 7) is 11.0. The molecule has 0 bridgehead atoms. The zero-order valence-corrected chi connectivity index (χ0v) is 12.3. The number of aryl methyl sites for hydroxylation is 1. The molecule has 1 atom stereocenters. The lowest BCUT2D eigenvalue weighted by Crippen LogP contribution is -2.16. The van der Waals surface area contributed by atoms with E-state index in [1.165, 1.54) is 29.8 Å². The lowest BCUT2D eigenvalue weighted by molar-refractivity contribution is 0.423. The Kier molecular flexibility index (Phi) is 4.44. The van der Waals surface area contributed by atoms with Crippen molar-refractivity contribution in [2.75, 3.05) is 6.54 Å². The Hall–Kier alpha value is -0.830. The molecule has 102 valence electrons. The molecule has 1 fully saturated rings. The summed E-state index contributed by atoms with van der Waals surface area (Å²) < 4.78 is 2.32. The first-order valence-corrected chi connectivity index (χ1v) is 7.52. The van der Waals surface area contributed by atoms with Crippen LogP contribution in [0.15, 0.2) is 0 Å². The molecule has 3 heteroatoms. The molecule has 0 saturated heterocycles. The number of hydrogen-bond donors (Lipinski definition) is 1. The minimum atomic E-state index is 0.584. The van der Waals surface area contributed by atoms with Gasteiger partial charge in [-0.25, -0.2) is 0 Å². The monoisotopic (exact) mass is 249 g/mol. The molecular weight excluding hydrogens is 222 g/mol. The average molecular weight is 249 g/mol. The Balaban J connectivity index is 2.30. The van der Waals surface area contributed by atoms with Crippen LogP contribution in [0.5, 0.6) is 0 Å². The fraction of sp³-hybridized carbons (Fsp3) is 0.800. The maximum atomic E-state index is 4.89. The van der Waals surface area contributed by atoms with Gasteiger partial charge >= 0.3 is 0 Å². The van der Waals surface area contributed by atoms with Crippen LogP contribution in [0.2, 0.25) is 0 Å². The number of nitrogens with one attached hydrogen (secondary N) is 1. The van der Waals surface area contributed by atoms with Crippen molar-refractivity contribution in [3.8, 4) is 0 Å². The summed E-state index contributed by atoms with van der Waals surface area (Å²) in [5.74, 6) is 0.867. The van der Waals surface area contributed by atoms with E-state index in [4.69, 9.17) is 5.10 Å². The average Bonchev–Trinajstić information content (AvgIpc) is 3.16. The third-order valence-electron chi connectivity index (χ3n) is 4.11. The fourth-order valence-electron chi connectivity index (χ4n) is 2.78. The zero-order valence-electron chi connectivity index (χ0n) is 12.3. The van der Waals surface area contributed by atoms with E-state index in [-0.39, 0.29) is 0 Å². The first kappa shape index (κ1) is 13.6. The van der Waals surface area contributed by atoms with Crippen molar-refractivity contribution in [3.05, 3.63) is 17.0 Å². The maximum absolute atomic E-state index is 4.89. The van der Waals surface area contributed by atoms with Crippen LogP contribution >= 0.6 is 0 Å². The summed E-state index contributed by atoms with van der Waals surface area (Å²) in [6.07, 6.45) is 4.89. The second kappa shape index (κ2) is 5.87. The van der Waals surface area contributed by atoms with Crippen LogP contribution in [0, 0.1) is 5.92 Å². The van der Waals surface area contributed by atoms with Crippen molar-refractivity contribution < 1.29 is 0 Å². The van der Waals surface area contributed by atoms with E-state index in [2.05, 4.69) is 37.7 Å². The molecular formula is C15H27N3. The van der Waals surface area contributed by atoms with E-state index < -0.39 is 0 Å². The third kappa shape index (κ3) is 2.61. The molecule has 2 rings (SSSR count). The number of rotatable bonds is 7. The standard InChI is InChI=1S/C15H27N3/c1-5-14-13(10-16-7-3)15(6-2)18(17-14)11(4)12-8-9-12/h11-12,16H,5-10H2,1-4H3. The van der Waals surface area contributed by atoms with Crippen molar-refractivity contribution in [1.82, 2.24) is 15.1 Å². The molecule has 0 aromatic carbocycles. The lowest BCUT2D eigenvalue weighted by atomic mass is 10.1. The van der Waals surface area contributed by atoms with E-state index in [9.17, 15) is 0 Å². The van der Waals surface area contributed by atoms with Gasteiger partial charge in [-0.2, -0.15) is 5.10 Å². The molecule has 0 radical (unpaired) electrons. The molecule has 1 aliphatic carbocycles. The van der Waals surface area contributed by atoms with Crippen molar-refractivity contribution in [2.24, 2.45) is 5.92 Å². The summed E-state index contributed by atoms with van der Waals surface area (Å²) in [6, 6.07) is 0.584. The van der Waals surface area contributed by atoms with Crippen LogP contribution in [0.3, 0.4) is 0 Å². The van der Waals surface area contributed by atoms with Gasteiger partial charge in [-0.05, 0) is 45.1 Å². The Bertz CT molecular complexity index is 391. The second-order valence-electron chi connectivity index (χ2n) is 5.38. The predicted molar refractivity (Wildman–Crippen MR) is 75.8 cm³/mol. The van der Waals surface area contributed by atoms with E-state index in [0.717, 1.165) is 31.8 Å². The van der Waals surface area contributed by atoms with Crippen molar-refractivity contribution >= 4 is 0 Å². The summed E-state index contributed by atoms with van der Waals surface area (Å²) in [4.78, 5) is 0. The summed E-state index contributed by atoms with van der Waals surface area (Å²) in [5, 5.41) is 8.35. The van der Waals surface area contributed by atoms with Crippen LogP contribution in [-0.4, -0.2) is 16.3 Å². The largest absolute Gasteiger partial charge is 0.313 e. The highest BCUT2D eigenvalue weighted by molar-refractivity contribution is 5.27. The van der Waals surface area contributed by atoms with Gasteiger partial charge in [-0.15, -0.1) is 0 Å². The highest BCUT2D eigenvalue weighted by Crippen LogP contribution is 2.40. The molecule has 0 aliphatic heterocycles. The molecule has 1 aromatic heterocycles. The van der Waals surface area contributed by atoms with Crippen LogP contribution < -0.4 is 5.32 Å². The molecule has 0 amide bonds. The summed E-state index contributed by atoms with van der Waals surface area (Å²) in [5.41, 5.74) is 4.20. The summed E-state index contributed by atoms with van der Waals surface area (Å²) >= 11 is 0. The van der Waals surface area contributed by atoms with Crippen molar-refractivity contribution in [2.45, 2.75) is 66.0 Å². The molecule has 1 unspecified atom stereocenters. The van der Waals surface area contributed by atoms with Gasteiger partial charge in [0.15, 0.2) is 0 Å². The molecule has 3 nitrogen and oxygen atoms in total. The molecule has 0 spiro atoms. The number of nitrogens with zero attached hydrogens (tertiary/aromatic N) is 2. The minimum Gasteiger partial charge on any atom is -0.313 e. The van der Waals surface area contributed by atoms with Crippen molar-refractivity contribution in [1.29, 1.82) is 0 Å². The molecule has 1 aliphatic rings. The number of aromatic nitrogens is 2. The first-order chi connectivity index (χ1) is 8.72. The quantitative estimate of drug-likeness (QED) is 0.805. The molecule has 1 aromatic rings. The number of hydrogen-bond acceptors (Lipinski definition) is 2. The third-order valence-corrected chi connectivity index (χ3v) is 4.11. The lowest BCUT2D eigenvalue weighted by Gasteiger charge is -2.15. The van der Waals surface area contributed by atoms with E-state index >= 15 is 0 Å². The van der Waals surface area contributed by atoms with E-state index in [1.54, 1.807) is 0 Å². The van der Waals surface area contributed by atoms with Crippen molar-refractivity contribution in [3.63, 3.8) is 0 Å². The molecule has 1 N–H and O–H groups in total. The van der Waals surface area contributed by atoms with Gasteiger partial charge in [0.25, 0.3) is 0 Å². The van der Waals surface area contributed by atoms with Crippen LogP contribution in [0.1, 0.15) is 63.5 Å². The Labute approximate surface area is 111 Å². The fourth-order valence-corrected chi connectivity index (χ4v) is 2.78. The predicted octanol–water partition coefficient (Wildman–Crippen LogP) is 3.09. The van der Waals surface area contributed by atoms with Gasteiger partial charge in [0.2, 0.25) is 0 Å². The van der Waals surface area contributed by atoms with Gasteiger partial charge < -0.3 is 5.32 Å². The second-order valence-corrected chi connectivity index (χ2v) is 5.38. The highest BCUT2D eigenvalue weighted by atomic mass is 15.3. The molecule has 1 saturated carbocycles. The topological polar surface area (TPSA) is 29.9 Å². The van der Waals surface area contributed by atoms with Crippen LogP contribution in [0.4, 0.5) is 0 Å². The minimum absolute atomic E-state index is 0.584. The maximum Gasteiger partial charge on any atom is 0.0669 e. The van der Waals surface area contributed by atoms with Gasteiger partial charge in [-0.1, -0.05) is 20.8 Å².